The Hall–Kier alpha value is -1.95. The van der Waals surface area contributed by atoms with E-state index in [2.05, 4.69) is 0 Å². The topological polar surface area (TPSA) is 126 Å². The maximum absolute atomic E-state index is 12.2. The Balaban J connectivity index is 1.72. The molecule has 1 amide bonds. The number of ether oxygens (including phenoxy) is 2. The van der Waals surface area contributed by atoms with Gasteiger partial charge in [-0.15, -0.1) is 0 Å². The summed E-state index contributed by atoms with van der Waals surface area (Å²) in [5.41, 5.74) is 0.261. The second kappa shape index (κ2) is 7.59. The third-order valence-electron chi connectivity index (χ3n) is 4.79. The molecule has 0 aliphatic carbocycles. The SMILES string of the molecule is COc1ccc2c(c1C(=O)O)O[B-](O)(O)[C@@H](SCC(=O)N1CC(OC)C1)C2. The Labute approximate surface area is 160 Å². The molecule has 0 unspecified atom stereocenters. The summed E-state index contributed by atoms with van der Waals surface area (Å²) in [6.07, 6.45) is 0.206. The molecule has 0 spiro atoms. The van der Waals surface area contributed by atoms with Gasteiger partial charge in [0.25, 0.3) is 0 Å². The van der Waals surface area contributed by atoms with Crippen LogP contribution < -0.4 is 9.39 Å². The van der Waals surface area contributed by atoms with Crippen LogP contribution in [-0.2, 0) is 16.0 Å². The molecule has 1 atom stereocenters. The molecule has 1 aromatic rings. The molecule has 1 aromatic carbocycles. The molecule has 1 saturated heterocycles. The fourth-order valence-corrected chi connectivity index (χ4v) is 4.28. The Morgan fingerprint density at radius 3 is 2.63 bits per heavy atom. The first-order valence-corrected chi connectivity index (χ1v) is 9.45. The zero-order valence-electron chi connectivity index (χ0n) is 15.0. The first-order valence-electron chi connectivity index (χ1n) is 8.40. The van der Waals surface area contributed by atoms with E-state index in [1.54, 1.807) is 18.1 Å². The number of carbonyl (C=O) groups excluding carboxylic acids is 1. The second-order valence-corrected chi connectivity index (χ2v) is 7.75. The summed E-state index contributed by atoms with van der Waals surface area (Å²) < 4.78 is 15.4. The molecule has 0 aromatic heterocycles. The monoisotopic (exact) mass is 398 g/mol. The minimum absolute atomic E-state index is 0.0484. The van der Waals surface area contributed by atoms with Crippen molar-refractivity contribution in [1.29, 1.82) is 0 Å². The summed E-state index contributed by atoms with van der Waals surface area (Å²) in [7, 11) is 2.91. The number of carboxylic acids is 1. The Kier molecular flexibility index (Phi) is 5.56. The fraction of sp³-hybridized carbons (Fsp3) is 0.500. The summed E-state index contributed by atoms with van der Waals surface area (Å²) in [5, 5.41) is 29.3. The van der Waals surface area contributed by atoms with Gasteiger partial charge in [0.2, 0.25) is 5.91 Å². The summed E-state index contributed by atoms with van der Waals surface area (Å²) in [5.74, 6) is -1.39. The Morgan fingerprint density at radius 2 is 2.04 bits per heavy atom. The van der Waals surface area contributed by atoms with Crippen molar-refractivity contribution >= 4 is 30.4 Å². The molecule has 27 heavy (non-hydrogen) atoms. The van der Waals surface area contributed by atoms with Crippen molar-refractivity contribution in [2.75, 3.05) is 33.1 Å². The number of aromatic carboxylic acids is 1. The highest BCUT2D eigenvalue weighted by molar-refractivity contribution is 8.02. The molecule has 2 heterocycles. The first kappa shape index (κ1) is 19.8. The molecule has 2 aliphatic heterocycles. The van der Waals surface area contributed by atoms with Crippen molar-refractivity contribution in [3.63, 3.8) is 0 Å². The molecule has 1 fully saturated rings. The fourth-order valence-electron chi connectivity index (χ4n) is 3.14. The minimum atomic E-state index is -3.35. The largest absolute Gasteiger partial charge is 0.669 e. The van der Waals surface area contributed by atoms with Crippen LogP contribution in [0, 0.1) is 0 Å². The molecule has 0 saturated carbocycles. The number of hydrogen-bond acceptors (Lipinski definition) is 8. The zero-order chi connectivity index (χ0) is 19.8. The minimum Gasteiger partial charge on any atom is -0.669 e. The molecule has 9 nitrogen and oxygen atoms in total. The summed E-state index contributed by atoms with van der Waals surface area (Å²) in [6.45, 7) is -2.30. The third kappa shape index (κ3) is 3.86. The standard InChI is InChI=1S/C16H21BNO8S/c1-24-10-6-18(7-10)13(19)8-27-12-5-9-3-4-11(25-2)14(16(20)21)15(9)26-17(12,22)23/h3-4,10,12,22-23H,5-8H2,1-2H3,(H,20,21)/q-1/t12-/m0/s1. The predicted molar refractivity (Wildman–Crippen MR) is 98.1 cm³/mol. The number of likely N-dealkylation sites (tertiary alicyclic amines) is 1. The van der Waals surface area contributed by atoms with Gasteiger partial charge in [0.15, 0.2) is 0 Å². The number of rotatable bonds is 6. The first-order chi connectivity index (χ1) is 12.8. The van der Waals surface area contributed by atoms with Gasteiger partial charge in [0, 0.05) is 20.2 Å². The van der Waals surface area contributed by atoms with Gasteiger partial charge in [-0.1, -0.05) is 6.07 Å². The lowest BCUT2D eigenvalue weighted by atomic mass is 9.69. The normalized spacial score (nSPS) is 21.0. The van der Waals surface area contributed by atoms with Gasteiger partial charge >= 0.3 is 12.7 Å². The average Bonchev–Trinajstić information content (AvgIpc) is 2.57. The van der Waals surface area contributed by atoms with Crippen molar-refractivity contribution in [3.8, 4) is 11.5 Å². The van der Waals surface area contributed by atoms with Gasteiger partial charge in [0.1, 0.15) is 11.3 Å². The number of carboxylic acid groups (broad SMARTS) is 1. The van der Waals surface area contributed by atoms with Crippen molar-refractivity contribution < 1.29 is 38.9 Å². The number of nitrogens with zero attached hydrogens (tertiary/aromatic N) is 1. The van der Waals surface area contributed by atoms with Gasteiger partial charge < -0.3 is 34.2 Å². The molecule has 3 N–H and O–H groups in total. The summed E-state index contributed by atoms with van der Waals surface area (Å²) >= 11 is 1.08. The zero-order valence-corrected chi connectivity index (χ0v) is 15.8. The highest BCUT2D eigenvalue weighted by Gasteiger charge is 2.42. The van der Waals surface area contributed by atoms with Crippen LogP contribution in [0.2, 0.25) is 0 Å². The van der Waals surface area contributed by atoms with E-state index in [9.17, 15) is 24.7 Å². The molecular formula is C16H21BNO8S-. The third-order valence-corrected chi connectivity index (χ3v) is 6.15. The highest BCUT2D eigenvalue weighted by atomic mass is 32.2. The maximum Gasteiger partial charge on any atom is 0.443 e. The number of benzene rings is 1. The van der Waals surface area contributed by atoms with E-state index in [-0.39, 0.29) is 41.2 Å². The molecule has 3 rings (SSSR count). The van der Waals surface area contributed by atoms with E-state index in [1.165, 1.54) is 13.2 Å². The van der Waals surface area contributed by atoms with Crippen LogP contribution >= 0.6 is 11.8 Å². The van der Waals surface area contributed by atoms with Crippen LogP contribution in [0.1, 0.15) is 15.9 Å². The number of thioether (sulfide) groups is 1. The van der Waals surface area contributed by atoms with Crippen LogP contribution in [-0.4, -0.2) is 83.0 Å². The molecule has 0 radical (unpaired) electrons. The number of hydrogen-bond donors (Lipinski definition) is 3. The summed E-state index contributed by atoms with van der Waals surface area (Å²) in [6, 6.07) is 3.12. The molecular weight excluding hydrogens is 377 g/mol. The molecule has 0 bridgehead atoms. The van der Waals surface area contributed by atoms with Gasteiger partial charge in [-0.3, -0.25) is 4.79 Å². The number of carbonyl (C=O) groups is 2. The van der Waals surface area contributed by atoms with Crippen molar-refractivity contribution in [2.45, 2.75) is 17.7 Å². The van der Waals surface area contributed by atoms with Crippen LogP contribution in [0.25, 0.3) is 0 Å². The van der Waals surface area contributed by atoms with Crippen molar-refractivity contribution in [2.24, 2.45) is 0 Å². The van der Waals surface area contributed by atoms with Gasteiger partial charge in [0.05, 0.1) is 24.7 Å². The molecule has 148 valence electrons. The van der Waals surface area contributed by atoms with E-state index < -0.39 is 17.9 Å². The number of fused-ring (bicyclic) bond motifs is 1. The predicted octanol–water partition coefficient (Wildman–Crippen LogP) is -0.250. The second-order valence-electron chi connectivity index (χ2n) is 6.52. The molecule has 2 aliphatic rings. The van der Waals surface area contributed by atoms with E-state index in [0.29, 0.717) is 18.7 Å². The Bertz CT molecular complexity index is 752. The lowest BCUT2D eigenvalue weighted by Gasteiger charge is -2.44. The van der Waals surface area contributed by atoms with Crippen LogP contribution in [0.5, 0.6) is 11.5 Å². The van der Waals surface area contributed by atoms with Crippen LogP contribution in [0.3, 0.4) is 0 Å². The van der Waals surface area contributed by atoms with E-state index >= 15 is 0 Å². The lowest BCUT2D eigenvalue weighted by Crippen LogP contribution is -2.58. The maximum atomic E-state index is 12.2. The quantitative estimate of drug-likeness (QED) is 0.556. The highest BCUT2D eigenvalue weighted by Crippen LogP contribution is 2.40. The van der Waals surface area contributed by atoms with Gasteiger partial charge in [-0.05, 0) is 23.2 Å². The number of methoxy groups -OCH3 is 2. The van der Waals surface area contributed by atoms with Gasteiger partial charge in [-0.25, -0.2) is 4.79 Å². The smallest absolute Gasteiger partial charge is 0.443 e. The average molecular weight is 398 g/mol. The van der Waals surface area contributed by atoms with Crippen LogP contribution in [0.4, 0.5) is 0 Å². The van der Waals surface area contributed by atoms with Gasteiger partial charge in [-0.2, -0.15) is 11.8 Å². The van der Waals surface area contributed by atoms with Crippen molar-refractivity contribution in [1.82, 2.24) is 4.90 Å². The lowest BCUT2D eigenvalue weighted by molar-refractivity contribution is -0.139. The van der Waals surface area contributed by atoms with Crippen molar-refractivity contribution in [3.05, 3.63) is 23.3 Å². The van der Waals surface area contributed by atoms with E-state index in [0.717, 1.165) is 11.8 Å². The van der Waals surface area contributed by atoms with E-state index in [4.69, 9.17) is 14.1 Å². The molecule has 11 heteroatoms. The Morgan fingerprint density at radius 1 is 1.33 bits per heavy atom. The summed E-state index contributed by atoms with van der Waals surface area (Å²) in [4.78, 5) is 25.3. The van der Waals surface area contributed by atoms with E-state index in [1.807, 2.05) is 0 Å². The van der Waals surface area contributed by atoms with Crippen LogP contribution in [0.15, 0.2) is 12.1 Å². The number of amides is 1.